The molecule has 0 amide bonds. The van der Waals surface area contributed by atoms with Crippen molar-refractivity contribution in [1.29, 1.82) is 0 Å². The van der Waals surface area contributed by atoms with Gasteiger partial charge < -0.3 is 4.90 Å². The summed E-state index contributed by atoms with van der Waals surface area (Å²) in [7, 11) is 2.30. The zero-order chi connectivity index (χ0) is 13.1. The van der Waals surface area contributed by atoms with Gasteiger partial charge in [0, 0.05) is 38.6 Å². The van der Waals surface area contributed by atoms with Crippen LogP contribution in [0.3, 0.4) is 0 Å². The first-order valence-corrected chi connectivity index (χ1v) is 7.59. The lowest BCUT2D eigenvalue weighted by Crippen LogP contribution is -2.29. The molecule has 1 aromatic heterocycles. The van der Waals surface area contributed by atoms with Crippen LogP contribution in [0.15, 0.2) is 24.5 Å². The normalized spacial score (nSPS) is 24.2. The highest BCUT2D eigenvalue weighted by Crippen LogP contribution is 2.30. The Morgan fingerprint density at radius 2 is 1.89 bits per heavy atom. The first-order chi connectivity index (χ1) is 9.29. The Balaban J connectivity index is 1.42. The monoisotopic (exact) mass is 259 g/mol. The predicted molar refractivity (Wildman–Crippen MR) is 77.8 cm³/mol. The third-order valence-corrected chi connectivity index (χ3v) is 4.36. The van der Waals surface area contributed by atoms with Gasteiger partial charge in [-0.2, -0.15) is 0 Å². The SMILES string of the molecule is CN(CC1CC1)CC1CCN(Cc2ccncc2)C1. The molecule has 2 fully saturated rings. The second-order valence-electron chi connectivity index (χ2n) is 6.41. The molecule has 0 N–H and O–H groups in total. The first-order valence-electron chi connectivity index (χ1n) is 7.59. The van der Waals surface area contributed by atoms with E-state index >= 15 is 0 Å². The van der Waals surface area contributed by atoms with Crippen LogP contribution in [0.5, 0.6) is 0 Å². The predicted octanol–water partition coefficient (Wildman–Crippen LogP) is 2.25. The van der Waals surface area contributed by atoms with Crippen LogP contribution >= 0.6 is 0 Å². The smallest absolute Gasteiger partial charge is 0.0271 e. The van der Waals surface area contributed by atoms with E-state index in [1.165, 1.54) is 51.0 Å². The molecule has 3 nitrogen and oxygen atoms in total. The molecule has 104 valence electrons. The Bertz CT molecular complexity index is 388. The van der Waals surface area contributed by atoms with Crippen molar-refractivity contribution in [2.75, 3.05) is 33.2 Å². The Morgan fingerprint density at radius 1 is 1.16 bits per heavy atom. The highest BCUT2D eigenvalue weighted by atomic mass is 15.2. The topological polar surface area (TPSA) is 19.4 Å². The number of pyridine rings is 1. The quantitative estimate of drug-likeness (QED) is 0.781. The molecule has 1 aliphatic carbocycles. The van der Waals surface area contributed by atoms with Crippen LogP contribution in [-0.2, 0) is 6.54 Å². The van der Waals surface area contributed by atoms with Crippen LogP contribution in [0, 0.1) is 11.8 Å². The van der Waals surface area contributed by atoms with Crippen LogP contribution in [-0.4, -0.2) is 48.0 Å². The van der Waals surface area contributed by atoms with E-state index in [0.29, 0.717) is 0 Å². The van der Waals surface area contributed by atoms with E-state index in [4.69, 9.17) is 0 Å². The number of nitrogens with zero attached hydrogens (tertiary/aromatic N) is 3. The average Bonchev–Trinajstić information content (AvgIpc) is 3.11. The molecule has 1 atom stereocenters. The molecule has 1 aliphatic heterocycles. The highest BCUT2D eigenvalue weighted by Gasteiger charge is 2.26. The fourth-order valence-electron chi connectivity index (χ4n) is 3.21. The fraction of sp³-hybridized carbons (Fsp3) is 0.688. The summed E-state index contributed by atoms with van der Waals surface area (Å²) in [5, 5.41) is 0. The summed E-state index contributed by atoms with van der Waals surface area (Å²) >= 11 is 0. The second kappa shape index (κ2) is 6.02. The van der Waals surface area contributed by atoms with Crippen LogP contribution in [0.25, 0.3) is 0 Å². The van der Waals surface area contributed by atoms with Gasteiger partial charge in [-0.15, -0.1) is 0 Å². The van der Waals surface area contributed by atoms with Gasteiger partial charge in [-0.3, -0.25) is 9.88 Å². The summed E-state index contributed by atoms with van der Waals surface area (Å²) in [6.07, 6.45) is 8.07. The second-order valence-corrected chi connectivity index (χ2v) is 6.41. The van der Waals surface area contributed by atoms with E-state index in [1.807, 2.05) is 12.4 Å². The van der Waals surface area contributed by atoms with Crippen LogP contribution in [0.4, 0.5) is 0 Å². The Hall–Kier alpha value is -0.930. The lowest BCUT2D eigenvalue weighted by Gasteiger charge is -2.21. The zero-order valence-electron chi connectivity index (χ0n) is 12.0. The standard InChI is InChI=1S/C16H25N3/c1-18(10-14-2-3-14)11-16-6-9-19(13-16)12-15-4-7-17-8-5-15/h4-5,7-8,14,16H,2-3,6,9-13H2,1H3. The highest BCUT2D eigenvalue weighted by molar-refractivity contribution is 5.09. The lowest BCUT2D eigenvalue weighted by atomic mass is 10.1. The Morgan fingerprint density at radius 3 is 2.63 bits per heavy atom. The molecule has 2 heterocycles. The summed E-state index contributed by atoms with van der Waals surface area (Å²) in [4.78, 5) is 9.22. The summed E-state index contributed by atoms with van der Waals surface area (Å²) in [5.41, 5.74) is 1.39. The number of hydrogen-bond donors (Lipinski definition) is 0. The van der Waals surface area contributed by atoms with E-state index < -0.39 is 0 Å². The van der Waals surface area contributed by atoms with Crippen molar-refractivity contribution in [1.82, 2.24) is 14.8 Å². The van der Waals surface area contributed by atoms with Crippen molar-refractivity contribution in [3.05, 3.63) is 30.1 Å². The van der Waals surface area contributed by atoms with E-state index in [2.05, 4.69) is 34.0 Å². The third kappa shape index (κ3) is 4.02. The van der Waals surface area contributed by atoms with Gasteiger partial charge in [0.05, 0.1) is 0 Å². The van der Waals surface area contributed by atoms with Crippen molar-refractivity contribution in [3.8, 4) is 0 Å². The number of rotatable bonds is 6. The van der Waals surface area contributed by atoms with E-state index in [0.717, 1.165) is 18.4 Å². The van der Waals surface area contributed by atoms with Gasteiger partial charge in [-0.25, -0.2) is 0 Å². The summed E-state index contributed by atoms with van der Waals surface area (Å²) in [6.45, 7) is 6.21. The van der Waals surface area contributed by atoms with Crippen LogP contribution in [0.2, 0.25) is 0 Å². The number of likely N-dealkylation sites (tertiary alicyclic amines) is 1. The Kier molecular flexibility index (Phi) is 4.14. The van der Waals surface area contributed by atoms with Crippen molar-refractivity contribution in [2.24, 2.45) is 11.8 Å². The summed E-state index contributed by atoms with van der Waals surface area (Å²) in [6, 6.07) is 4.26. The molecule has 1 aromatic rings. The Labute approximate surface area is 116 Å². The van der Waals surface area contributed by atoms with Crippen LogP contribution in [0.1, 0.15) is 24.8 Å². The zero-order valence-corrected chi connectivity index (χ0v) is 12.0. The van der Waals surface area contributed by atoms with Gasteiger partial charge in [-0.05, 0) is 62.4 Å². The van der Waals surface area contributed by atoms with Gasteiger partial charge >= 0.3 is 0 Å². The summed E-state index contributed by atoms with van der Waals surface area (Å²) in [5.74, 6) is 1.88. The largest absolute Gasteiger partial charge is 0.306 e. The molecule has 19 heavy (non-hydrogen) atoms. The maximum Gasteiger partial charge on any atom is 0.0271 e. The molecule has 1 unspecified atom stereocenters. The van der Waals surface area contributed by atoms with Gasteiger partial charge in [-0.1, -0.05) is 0 Å². The molecule has 1 saturated carbocycles. The molecule has 1 saturated heterocycles. The first kappa shape index (κ1) is 13.1. The van der Waals surface area contributed by atoms with Crippen LogP contribution < -0.4 is 0 Å². The van der Waals surface area contributed by atoms with Crippen molar-refractivity contribution in [3.63, 3.8) is 0 Å². The molecule has 2 aliphatic rings. The molecule has 0 bridgehead atoms. The van der Waals surface area contributed by atoms with Gasteiger partial charge in [0.2, 0.25) is 0 Å². The van der Waals surface area contributed by atoms with Crippen molar-refractivity contribution < 1.29 is 0 Å². The third-order valence-electron chi connectivity index (χ3n) is 4.36. The minimum Gasteiger partial charge on any atom is -0.306 e. The molecule has 3 heteroatoms. The number of aromatic nitrogens is 1. The van der Waals surface area contributed by atoms with Gasteiger partial charge in [0.1, 0.15) is 0 Å². The molecule has 0 radical (unpaired) electrons. The van der Waals surface area contributed by atoms with E-state index in [9.17, 15) is 0 Å². The maximum absolute atomic E-state index is 4.08. The van der Waals surface area contributed by atoms with Gasteiger partial charge in [0.25, 0.3) is 0 Å². The number of hydrogen-bond acceptors (Lipinski definition) is 3. The van der Waals surface area contributed by atoms with E-state index in [1.54, 1.807) is 0 Å². The van der Waals surface area contributed by atoms with Crippen molar-refractivity contribution in [2.45, 2.75) is 25.8 Å². The average molecular weight is 259 g/mol. The molecule has 0 aromatic carbocycles. The molecule has 0 spiro atoms. The molecular formula is C16H25N3. The lowest BCUT2D eigenvalue weighted by molar-refractivity contribution is 0.253. The molecular weight excluding hydrogens is 234 g/mol. The van der Waals surface area contributed by atoms with E-state index in [-0.39, 0.29) is 0 Å². The van der Waals surface area contributed by atoms with Crippen molar-refractivity contribution >= 4 is 0 Å². The molecule has 3 rings (SSSR count). The maximum atomic E-state index is 4.08. The van der Waals surface area contributed by atoms with Gasteiger partial charge in [0.15, 0.2) is 0 Å². The summed E-state index contributed by atoms with van der Waals surface area (Å²) < 4.78 is 0. The minimum absolute atomic E-state index is 0.866. The minimum atomic E-state index is 0.866. The fourth-order valence-corrected chi connectivity index (χ4v) is 3.21.